The smallest absolute Gasteiger partial charge is 0.250 e. The summed E-state index contributed by atoms with van der Waals surface area (Å²) in [5.74, 6) is -0.421. The second-order valence-electron chi connectivity index (χ2n) is 5.51. The first-order valence-electron chi connectivity index (χ1n) is 7.68. The minimum absolute atomic E-state index is 0.0407. The lowest BCUT2D eigenvalue weighted by Crippen LogP contribution is -2.32. The predicted octanol–water partition coefficient (Wildman–Crippen LogP) is 3.87. The van der Waals surface area contributed by atoms with Gasteiger partial charge < -0.3 is 10.6 Å². The van der Waals surface area contributed by atoms with Crippen molar-refractivity contribution in [2.24, 2.45) is 5.92 Å². The molecule has 25 heavy (non-hydrogen) atoms. The van der Waals surface area contributed by atoms with Crippen molar-refractivity contribution in [2.45, 2.75) is 13.8 Å². The first-order chi connectivity index (χ1) is 11.9. The van der Waals surface area contributed by atoms with Crippen molar-refractivity contribution in [3.8, 4) is 0 Å². The van der Waals surface area contributed by atoms with Crippen LogP contribution in [0.2, 0.25) is 0 Å². The lowest BCUT2D eigenvalue weighted by molar-refractivity contribution is -0.119. The Bertz CT molecular complexity index is 766. The molecule has 0 aliphatic carbocycles. The molecule has 0 bridgehead atoms. The van der Waals surface area contributed by atoms with Crippen molar-refractivity contribution in [3.05, 3.63) is 52.7 Å². The molecule has 0 aliphatic heterocycles. The molecule has 0 spiro atoms. The van der Waals surface area contributed by atoms with Crippen molar-refractivity contribution in [1.82, 2.24) is 5.32 Å². The second-order valence-corrected chi connectivity index (χ2v) is 6.90. The highest BCUT2D eigenvalue weighted by Gasteiger charge is 2.07. The van der Waals surface area contributed by atoms with Crippen LogP contribution in [0.15, 0.2) is 47.9 Å². The van der Waals surface area contributed by atoms with Gasteiger partial charge in [0.05, 0.1) is 0 Å². The fourth-order valence-electron chi connectivity index (χ4n) is 1.78. The zero-order chi connectivity index (χ0) is 18.2. The van der Waals surface area contributed by atoms with Crippen molar-refractivity contribution >= 4 is 57.9 Å². The Morgan fingerprint density at radius 2 is 1.72 bits per heavy atom. The molecular formula is C18H19N3O2S2. The molecule has 0 radical (unpaired) electrons. The van der Waals surface area contributed by atoms with Crippen LogP contribution in [0, 0.1) is 5.92 Å². The average Bonchev–Trinajstić information content (AvgIpc) is 3.08. The van der Waals surface area contributed by atoms with Crippen LogP contribution >= 0.6 is 23.6 Å². The number of thiocarbonyl (C=S) groups is 1. The van der Waals surface area contributed by atoms with Gasteiger partial charge in [-0.3, -0.25) is 14.9 Å². The van der Waals surface area contributed by atoms with E-state index in [0.29, 0.717) is 5.69 Å². The molecule has 0 atom stereocenters. The lowest BCUT2D eigenvalue weighted by atomic mass is 10.2. The van der Waals surface area contributed by atoms with Crippen LogP contribution in [0.1, 0.15) is 18.7 Å². The van der Waals surface area contributed by atoms with E-state index in [0.717, 1.165) is 10.6 Å². The summed E-state index contributed by atoms with van der Waals surface area (Å²) in [6, 6.07) is 10.9. The Balaban J connectivity index is 1.83. The molecule has 0 unspecified atom stereocenters. The van der Waals surface area contributed by atoms with Gasteiger partial charge in [0.2, 0.25) is 11.8 Å². The van der Waals surface area contributed by atoms with Gasteiger partial charge in [0.1, 0.15) is 0 Å². The standard InChI is InChI=1S/C18H19N3O2S2/c1-12(2)17(23)19-13-5-7-14(8-6-13)20-18(24)21-16(22)10-9-15-4-3-11-25-15/h3-12H,1-2H3,(H,19,23)(H2,20,21,22,24)/b10-9+. The second kappa shape index (κ2) is 9.10. The van der Waals surface area contributed by atoms with E-state index in [2.05, 4.69) is 16.0 Å². The summed E-state index contributed by atoms with van der Waals surface area (Å²) in [4.78, 5) is 24.4. The van der Waals surface area contributed by atoms with Crippen LogP contribution in [0.3, 0.4) is 0 Å². The van der Waals surface area contributed by atoms with Gasteiger partial charge in [0.25, 0.3) is 0 Å². The minimum atomic E-state index is -0.299. The summed E-state index contributed by atoms with van der Waals surface area (Å²) < 4.78 is 0. The number of anilines is 2. The van der Waals surface area contributed by atoms with Gasteiger partial charge in [0, 0.05) is 28.2 Å². The van der Waals surface area contributed by atoms with E-state index in [1.165, 1.54) is 6.08 Å². The van der Waals surface area contributed by atoms with E-state index in [1.807, 2.05) is 31.4 Å². The number of thiophene rings is 1. The van der Waals surface area contributed by atoms with E-state index >= 15 is 0 Å². The number of nitrogens with one attached hydrogen (secondary N) is 3. The molecule has 0 saturated heterocycles. The van der Waals surface area contributed by atoms with E-state index in [9.17, 15) is 9.59 Å². The van der Waals surface area contributed by atoms with Crippen LogP contribution in [-0.2, 0) is 9.59 Å². The normalized spacial score (nSPS) is 10.7. The van der Waals surface area contributed by atoms with Gasteiger partial charge in [-0.05, 0) is 54.0 Å². The minimum Gasteiger partial charge on any atom is -0.332 e. The monoisotopic (exact) mass is 373 g/mol. The molecule has 130 valence electrons. The van der Waals surface area contributed by atoms with E-state index in [1.54, 1.807) is 41.7 Å². The Kier molecular flexibility index (Phi) is 6.85. The predicted molar refractivity (Wildman–Crippen MR) is 108 cm³/mol. The molecule has 2 rings (SSSR count). The van der Waals surface area contributed by atoms with Crippen LogP contribution in [0.5, 0.6) is 0 Å². The molecule has 3 N–H and O–H groups in total. The van der Waals surface area contributed by atoms with Crippen LogP contribution < -0.4 is 16.0 Å². The zero-order valence-corrected chi connectivity index (χ0v) is 15.5. The third kappa shape index (κ3) is 6.48. The summed E-state index contributed by atoms with van der Waals surface area (Å²) >= 11 is 6.67. The van der Waals surface area contributed by atoms with Crippen LogP contribution in [0.4, 0.5) is 11.4 Å². The summed E-state index contributed by atoms with van der Waals surface area (Å²) in [5.41, 5.74) is 1.42. The molecule has 7 heteroatoms. The lowest BCUT2D eigenvalue weighted by Gasteiger charge is -2.10. The average molecular weight is 374 g/mol. The Morgan fingerprint density at radius 1 is 1.08 bits per heavy atom. The third-order valence-electron chi connectivity index (χ3n) is 3.11. The fraction of sp³-hybridized carbons (Fsp3) is 0.167. The molecule has 5 nitrogen and oxygen atoms in total. The summed E-state index contributed by atoms with van der Waals surface area (Å²) in [5, 5.41) is 10.5. The number of carbonyl (C=O) groups is 2. The summed E-state index contributed by atoms with van der Waals surface area (Å²) in [6.45, 7) is 3.67. The number of rotatable bonds is 5. The van der Waals surface area contributed by atoms with E-state index < -0.39 is 0 Å². The molecule has 0 aliphatic rings. The SMILES string of the molecule is CC(C)C(=O)Nc1ccc(NC(=S)NC(=O)/C=C/c2cccs2)cc1. The highest BCUT2D eigenvalue weighted by molar-refractivity contribution is 7.80. The largest absolute Gasteiger partial charge is 0.332 e. The Morgan fingerprint density at radius 3 is 2.28 bits per heavy atom. The topological polar surface area (TPSA) is 70.2 Å². The summed E-state index contributed by atoms with van der Waals surface area (Å²) in [6.07, 6.45) is 3.17. The molecule has 0 fully saturated rings. The van der Waals surface area contributed by atoms with Gasteiger partial charge >= 0.3 is 0 Å². The van der Waals surface area contributed by atoms with Crippen molar-refractivity contribution in [3.63, 3.8) is 0 Å². The molecular weight excluding hydrogens is 354 g/mol. The maximum Gasteiger partial charge on any atom is 0.250 e. The number of carbonyl (C=O) groups excluding carboxylic acids is 2. The number of hydrogen-bond donors (Lipinski definition) is 3. The van der Waals surface area contributed by atoms with Crippen LogP contribution in [0.25, 0.3) is 6.08 Å². The first-order valence-corrected chi connectivity index (χ1v) is 8.97. The first kappa shape index (κ1) is 18.8. The zero-order valence-electron chi connectivity index (χ0n) is 13.9. The maximum atomic E-state index is 11.8. The quantitative estimate of drug-likeness (QED) is 0.550. The number of benzene rings is 1. The van der Waals surface area contributed by atoms with Gasteiger partial charge in [-0.2, -0.15) is 0 Å². The Hall–Kier alpha value is -2.51. The van der Waals surface area contributed by atoms with E-state index in [-0.39, 0.29) is 22.8 Å². The van der Waals surface area contributed by atoms with Gasteiger partial charge in [-0.25, -0.2) is 0 Å². The van der Waals surface area contributed by atoms with Crippen molar-refractivity contribution in [2.75, 3.05) is 10.6 Å². The molecule has 1 aromatic carbocycles. The van der Waals surface area contributed by atoms with Crippen molar-refractivity contribution < 1.29 is 9.59 Å². The van der Waals surface area contributed by atoms with Crippen molar-refractivity contribution in [1.29, 1.82) is 0 Å². The van der Waals surface area contributed by atoms with E-state index in [4.69, 9.17) is 12.2 Å². The maximum absolute atomic E-state index is 11.8. The van der Waals surface area contributed by atoms with Gasteiger partial charge in [0.15, 0.2) is 5.11 Å². The highest BCUT2D eigenvalue weighted by Crippen LogP contribution is 2.14. The third-order valence-corrected chi connectivity index (χ3v) is 4.16. The number of hydrogen-bond acceptors (Lipinski definition) is 4. The molecule has 1 heterocycles. The van der Waals surface area contributed by atoms with Gasteiger partial charge in [-0.1, -0.05) is 19.9 Å². The molecule has 2 aromatic rings. The van der Waals surface area contributed by atoms with Gasteiger partial charge in [-0.15, -0.1) is 11.3 Å². The molecule has 1 aromatic heterocycles. The number of amides is 2. The highest BCUT2D eigenvalue weighted by atomic mass is 32.1. The summed E-state index contributed by atoms with van der Waals surface area (Å²) in [7, 11) is 0. The Labute approximate surface area is 156 Å². The molecule has 2 amide bonds. The fourth-order valence-corrected chi connectivity index (χ4v) is 2.62. The molecule has 0 saturated carbocycles. The van der Waals surface area contributed by atoms with Crippen LogP contribution in [-0.4, -0.2) is 16.9 Å².